The minimum absolute atomic E-state index is 0.0398. The Labute approximate surface area is 202 Å². The molecule has 0 saturated carbocycles. The van der Waals surface area contributed by atoms with Gasteiger partial charge in [-0.3, -0.25) is 9.20 Å². The normalized spacial score (nSPS) is 10.9. The van der Waals surface area contributed by atoms with Crippen molar-refractivity contribution < 1.29 is 13.9 Å². The van der Waals surface area contributed by atoms with Crippen LogP contribution in [0, 0.1) is 12.7 Å². The molecule has 0 saturated heterocycles. The Morgan fingerprint density at radius 3 is 2.49 bits per heavy atom. The fraction of sp³-hybridized carbons (Fsp3) is 0.103. The van der Waals surface area contributed by atoms with Gasteiger partial charge in [0.2, 0.25) is 0 Å². The molecule has 0 aliphatic rings. The molecule has 0 radical (unpaired) electrons. The number of carbonyl (C=O) groups excluding carboxylic acids is 1. The van der Waals surface area contributed by atoms with Crippen molar-refractivity contribution in [2.45, 2.75) is 19.9 Å². The third-order valence-corrected chi connectivity index (χ3v) is 5.71. The summed E-state index contributed by atoms with van der Waals surface area (Å²) < 4.78 is 21.0. The van der Waals surface area contributed by atoms with Gasteiger partial charge < -0.3 is 10.1 Å². The number of halogens is 1. The molecule has 5 aromatic rings. The lowest BCUT2D eigenvalue weighted by molar-refractivity contribution is -0.133. The summed E-state index contributed by atoms with van der Waals surface area (Å²) in [5.41, 5.74) is 5.11. The van der Waals surface area contributed by atoms with Gasteiger partial charge in [0.25, 0.3) is 0 Å². The summed E-state index contributed by atoms with van der Waals surface area (Å²) in [7, 11) is 0. The molecule has 0 amide bonds. The van der Waals surface area contributed by atoms with Crippen LogP contribution in [-0.2, 0) is 17.8 Å². The number of nitrogens with zero attached hydrogens (tertiary/aromatic N) is 2. The van der Waals surface area contributed by atoms with Gasteiger partial charge in [-0.15, -0.1) is 0 Å². The quantitative estimate of drug-likeness (QED) is 0.229. The van der Waals surface area contributed by atoms with E-state index in [9.17, 15) is 9.18 Å². The van der Waals surface area contributed by atoms with Crippen molar-refractivity contribution in [3.05, 3.63) is 120 Å². The van der Waals surface area contributed by atoms with E-state index >= 15 is 0 Å². The lowest BCUT2D eigenvalue weighted by atomic mass is 10.1. The van der Waals surface area contributed by atoms with Crippen molar-refractivity contribution in [2.24, 2.45) is 0 Å². The number of carbonyl (C=O) groups is 1. The predicted molar refractivity (Wildman–Crippen MR) is 135 cm³/mol. The minimum atomic E-state index is -0.428. The summed E-state index contributed by atoms with van der Waals surface area (Å²) in [5, 5.41) is 3.52. The van der Waals surface area contributed by atoms with Crippen LogP contribution in [0.3, 0.4) is 0 Å². The van der Waals surface area contributed by atoms with E-state index in [4.69, 9.17) is 9.72 Å². The van der Waals surface area contributed by atoms with Gasteiger partial charge in [-0.05, 0) is 60.0 Å². The number of fused-ring (bicyclic) bond motifs is 1. The standard InChI is InChI=1S/C29H24FN3O2/c1-20-15-16-33-26(17-20)32-28(29(33)31-19-22-7-3-2-4-8-22)24-9-5-6-10-25(24)35-27(34)18-21-11-13-23(30)14-12-21/h2-17,31H,18-19H2,1H3. The average molecular weight is 466 g/mol. The lowest BCUT2D eigenvalue weighted by Crippen LogP contribution is -2.12. The first-order chi connectivity index (χ1) is 17.1. The van der Waals surface area contributed by atoms with Crippen LogP contribution >= 0.6 is 0 Å². The number of aromatic nitrogens is 2. The zero-order valence-electron chi connectivity index (χ0n) is 19.2. The molecule has 35 heavy (non-hydrogen) atoms. The van der Waals surface area contributed by atoms with Crippen LogP contribution in [0.5, 0.6) is 5.75 Å². The van der Waals surface area contributed by atoms with Crippen LogP contribution in [0.2, 0.25) is 0 Å². The first-order valence-corrected chi connectivity index (χ1v) is 11.4. The molecule has 1 N–H and O–H groups in total. The zero-order chi connectivity index (χ0) is 24.2. The maximum absolute atomic E-state index is 13.2. The SMILES string of the molecule is Cc1ccn2c(NCc3ccccc3)c(-c3ccccc3OC(=O)Cc3ccc(F)cc3)nc2c1. The second kappa shape index (κ2) is 9.81. The molecule has 3 aromatic carbocycles. The van der Waals surface area contributed by atoms with E-state index in [1.54, 1.807) is 18.2 Å². The monoisotopic (exact) mass is 465 g/mol. The van der Waals surface area contributed by atoms with E-state index in [2.05, 4.69) is 17.4 Å². The van der Waals surface area contributed by atoms with Crippen molar-refractivity contribution >= 4 is 17.4 Å². The lowest BCUT2D eigenvalue weighted by Gasteiger charge is -2.12. The van der Waals surface area contributed by atoms with E-state index in [0.717, 1.165) is 22.6 Å². The first kappa shape index (κ1) is 22.3. The highest BCUT2D eigenvalue weighted by Crippen LogP contribution is 2.36. The van der Waals surface area contributed by atoms with Crippen LogP contribution in [0.4, 0.5) is 10.2 Å². The number of hydrogen-bond acceptors (Lipinski definition) is 4. The Morgan fingerprint density at radius 1 is 0.943 bits per heavy atom. The summed E-state index contributed by atoms with van der Waals surface area (Å²) in [6.45, 7) is 2.64. The van der Waals surface area contributed by atoms with E-state index in [1.807, 2.05) is 66.1 Å². The van der Waals surface area contributed by atoms with Crippen LogP contribution < -0.4 is 10.1 Å². The van der Waals surface area contributed by atoms with Crippen molar-refractivity contribution in [3.8, 4) is 17.0 Å². The molecule has 5 nitrogen and oxygen atoms in total. The Balaban J connectivity index is 1.48. The molecule has 0 atom stereocenters. The van der Waals surface area contributed by atoms with E-state index in [0.29, 0.717) is 29.1 Å². The summed E-state index contributed by atoms with van der Waals surface area (Å²) in [5.74, 6) is 0.459. The molecule has 2 aromatic heterocycles. The molecule has 0 bridgehead atoms. The smallest absolute Gasteiger partial charge is 0.315 e. The van der Waals surface area contributed by atoms with Crippen molar-refractivity contribution in [3.63, 3.8) is 0 Å². The number of rotatable bonds is 7. The number of pyridine rings is 1. The van der Waals surface area contributed by atoms with Gasteiger partial charge in [-0.25, -0.2) is 9.37 Å². The maximum Gasteiger partial charge on any atom is 0.315 e. The van der Waals surface area contributed by atoms with Crippen LogP contribution in [-0.4, -0.2) is 15.4 Å². The van der Waals surface area contributed by atoms with Crippen LogP contribution in [0.15, 0.2) is 97.2 Å². The average Bonchev–Trinajstić information content (AvgIpc) is 3.22. The number of benzene rings is 3. The summed E-state index contributed by atoms with van der Waals surface area (Å²) >= 11 is 0. The number of nitrogens with one attached hydrogen (secondary N) is 1. The fourth-order valence-electron chi connectivity index (χ4n) is 3.96. The third-order valence-electron chi connectivity index (χ3n) is 5.71. The molecule has 5 rings (SSSR count). The molecule has 6 heteroatoms. The highest BCUT2D eigenvalue weighted by atomic mass is 19.1. The maximum atomic E-state index is 13.2. The summed E-state index contributed by atoms with van der Waals surface area (Å²) in [4.78, 5) is 17.6. The molecule has 2 heterocycles. The third kappa shape index (κ3) is 5.06. The number of para-hydroxylation sites is 1. The number of hydrogen-bond donors (Lipinski definition) is 1. The topological polar surface area (TPSA) is 55.6 Å². The highest BCUT2D eigenvalue weighted by molar-refractivity contribution is 5.83. The van der Waals surface area contributed by atoms with Crippen molar-refractivity contribution in [1.82, 2.24) is 9.38 Å². The molecule has 0 aliphatic carbocycles. The molecule has 0 aliphatic heterocycles. The Morgan fingerprint density at radius 2 is 1.69 bits per heavy atom. The van der Waals surface area contributed by atoms with Crippen LogP contribution in [0.1, 0.15) is 16.7 Å². The number of esters is 1. The second-order valence-corrected chi connectivity index (χ2v) is 8.35. The minimum Gasteiger partial charge on any atom is -0.426 e. The molecule has 0 spiro atoms. The largest absolute Gasteiger partial charge is 0.426 e. The Bertz CT molecular complexity index is 1480. The number of ether oxygens (including phenoxy) is 1. The number of imidazole rings is 1. The van der Waals surface area contributed by atoms with Gasteiger partial charge in [0.05, 0.1) is 6.42 Å². The van der Waals surface area contributed by atoms with Gasteiger partial charge in [-0.1, -0.05) is 54.6 Å². The first-order valence-electron chi connectivity index (χ1n) is 11.4. The highest BCUT2D eigenvalue weighted by Gasteiger charge is 2.19. The fourth-order valence-corrected chi connectivity index (χ4v) is 3.96. The zero-order valence-corrected chi connectivity index (χ0v) is 19.2. The molecular formula is C29H24FN3O2. The molecule has 0 fully saturated rings. The van der Waals surface area contributed by atoms with E-state index < -0.39 is 5.97 Å². The van der Waals surface area contributed by atoms with Crippen molar-refractivity contribution in [1.29, 1.82) is 0 Å². The van der Waals surface area contributed by atoms with Gasteiger partial charge in [0.15, 0.2) is 0 Å². The molecule has 0 unspecified atom stereocenters. The van der Waals surface area contributed by atoms with Crippen LogP contribution in [0.25, 0.3) is 16.9 Å². The van der Waals surface area contributed by atoms with Gasteiger partial charge >= 0.3 is 5.97 Å². The Kier molecular flexibility index (Phi) is 6.26. The molecule has 174 valence electrons. The number of anilines is 1. The van der Waals surface area contributed by atoms with Crippen molar-refractivity contribution in [2.75, 3.05) is 5.32 Å². The number of aryl methyl sites for hydroxylation is 1. The van der Waals surface area contributed by atoms with E-state index in [-0.39, 0.29) is 12.2 Å². The predicted octanol–water partition coefficient (Wildman–Crippen LogP) is 6.21. The Hall–Kier alpha value is -4.45. The van der Waals surface area contributed by atoms with E-state index in [1.165, 1.54) is 12.1 Å². The summed E-state index contributed by atoms with van der Waals surface area (Å²) in [6.07, 6.45) is 2.02. The van der Waals surface area contributed by atoms with Gasteiger partial charge in [-0.2, -0.15) is 0 Å². The van der Waals surface area contributed by atoms with Gasteiger partial charge in [0, 0.05) is 18.3 Å². The summed E-state index contributed by atoms with van der Waals surface area (Å²) in [6, 6.07) is 27.4. The second-order valence-electron chi connectivity index (χ2n) is 8.35. The molecular weight excluding hydrogens is 441 g/mol. The van der Waals surface area contributed by atoms with Gasteiger partial charge in [0.1, 0.15) is 28.7 Å².